The van der Waals surface area contributed by atoms with Crippen molar-refractivity contribution in [3.05, 3.63) is 18.2 Å². The number of benzene rings is 1. The maximum absolute atomic E-state index is 12.4. The topological polar surface area (TPSA) is 109 Å². The minimum Gasteiger partial charge on any atom is -0.497 e. The molecule has 0 saturated carbocycles. The molecule has 140 valence electrons. The Morgan fingerprint density at radius 3 is 2.77 bits per heavy atom. The Bertz CT molecular complexity index is 738. The summed E-state index contributed by atoms with van der Waals surface area (Å²) < 4.78 is 10.4. The quantitative estimate of drug-likeness (QED) is 0.651. The third kappa shape index (κ3) is 3.57. The van der Waals surface area contributed by atoms with E-state index in [9.17, 15) is 14.4 Å². The molecule has 1 aromatic carbocycles. The molecule has 0 aromatic heterocycles. The van der Waals surface area contributed by atoms with Gasteiger partial charge in [0.15, 0.2) is 0 Å². The highest BCUT2D eigenvalue weighted by Gasteiger charge is 2.48. The van der Waals surface area contributed by atoms with Crippen LogP contribution < -0.4 is 25.4 Å². The van der Waals surface area contributed by atoms with E-state index in [-0.39, 0.29) is 18.4 Å². The average Bonchev–Trinajstić information content (AvgIpc) is 2.87. The molecule has 9 nitrogen and oxygen atoms in total. The number of methoxy groups -OCH3 is 2. The second kappa shape index (κ2) is 7.20. The van der Waals surface area contributed by atoms with Gasteiger partial charge in [-0.3, -0.25) is 19.8 Å². The van der Waals surface area contributed by atoms with Gasteiger partial charge < -0.3 is 20.1 Å². The Hall–Kier alpha value is -2.81. The van der Waals surface area contributed by atoms with Crippen LogP contribution in [0.25, 0.3) is 0 Å². The first-order chi connectivity index (χ1) is 12.5. The van der Waals surface area contributed by atoms with E-state index in [0.29, 0.717) is 43.1 Å². The molecule has 9 heteroatoms. The maximum atomic E-state index is 12.4. The molecule has 0 aliphatic carbocycles. The Balaban J connectivity index is 1.63. The van der Waals surface area contributed by atoms with Gasteiger partial charge in [-0.05, 0) is 31.5 Å². The van der Waals surface area contributed by atoms with Crippen LogP contribution in [0, 0.1) is 0 Å². The van der Waals surface area contributed by atoms with E-state index in [2.05, 4.69) is 16.0 Å². The Kier molecular flexibility index (Phi) is 4.99. The van der Waals surface area contributed by atoms with Crippen molar-refractivity contribution in [2.45, 2.75) is 18.4 Å². The highest BCUT2D eigenvalue weighted by molar-refractivity contribution is 6.07. The normalized spacial score (nSPS) is 22.7. The maximum Gasteiger partial charge on any atom is 0.322 e. The predicted molar refractivity (Wildman–Crippen MR) is 93.3 cm³/mol. The van der Waals surface area contributed by atoms with Crippen molar-refractivity contribution in [3.8, 4) is 11.5 Å². The van der Waals surface area contributed by atoms with Crippen LogP contribution >= 0.6 is 0 Å². The van der Waals surface area contributed by atoms with Crippen LogP contribution in [0.4, 0.5) is 10.5 Å². The molecule has 1 atom stereocenters. The van der Waals surface area contributed by atoms with Gasteiger partial charge in [-0.1, -0.05) is 0 Å². The van der Waals surface area contributed by atoms with Crippen molar-refractivity contribution >= 4 is 23.5 Å². The molecule has 0 bridgehead atoms. The number of likely N-dealkylation sites (tertiary alicyclic amines) is 1. The summed E-state index contributed by atoms with van der Waals surface area (Å²) in [6, 6.07) is 4.64. The monoisotopic (exact) mass is 362 g/mol. The van der Waals surface area contributed by atoms with Gasteiger partial charge in [0.05, 0.1) is 26.5 Å². The lowest BCUT2D eigenvalue weighted by atomic mass is 9.89. The summed E-state index contributed by atoms with van der Waals surface area (Å²) in [6.07, 6.45) is 1.28. The van der Waals surface area contributed by atoms with Crippen LogP contribution in [0.3, 0.4) is 0 Å². The first kappa shape index (κ1) is 18.0. The number of imide groups is 1. The second-order valence-corrected chi connectivity index (χ2v) is 6.42. The molecule has 3 N–H and O–H groups in total. The highest BCUT2D eigenvalue weighted by atomic mass is 16.5. The van der Waals surface area contributed by atoms with Gasteiger partial charge in [-0.25, -0.2) is 4.79 Å². The molecule has 1 aromatic rings. The van der Waals surface area contributed by atoms with Crippen molar-refractivity contribution in [2.75, 3.05) is 39.2 Å². The van der Waals surface area contributed by atoms with Gasteiger partial charge >= 0.3 is 6.03 Å². The Labute approximate surface area is 151 Å². The molecule has 1 spiro atoms. The summed E-state index contributed by atoms with van der Waals surface area (Å²) in [5.74, 6) is 0.565. The van der Waals surface area contributed by atoms with Gasteiger partial charge in [0, 0.05) is 12.6 Å². The number of nitrogens with one attached hydrogen (secondary N) is 3. The number of ether oxygens (including phenoxy) is 2. The van der Waals surface area contributed by atoms with E-state index in [1.165, 1.54) is 7.11 Å². The van der Waals surface area contributed by atoms with Crippen LogP contribution in [0.15, 0.2) is 18.2 Å². The van der Waals surface area contributed by atoms with E-state index in [1.54, 1.807) is 25.3 Å². The van der Waals surface area contributed by atoms with Gasteiger partial charge in [0.1, 0.15) is 17.0 Å². The van der Waals surface area contributed by atoms with Gasteiger partial charge in [0.2, 0.25) is 5.91 Å². The number of carbonyl (C=O) groups excluding carboxylic acids is 3. The first-order valence-corrected chi connectivity index (χ1v) is 8.33. The molecule has 2 aliphatic rings. The molecule has 2 fully saturated rings. The molecule has 4 amide bonds. The smallest absolute Gasteiger partial charge is 0.322 e. The summed E-state index contributed by atoms with van der Waals surface area (Å²) in [4.78, 5) is 37.8. The molecule has 26 heavy (non-hydrogen) atoms. The number of hydrogen-bond acceptors (Lipinski definition) is 6. The van der Waals surface area contributed by atoms with Crippen LogP contribution in [0.2, 0.25) is 0 Å². The minimum absolute atomic E-state index is 0.111. The molecule has 2 heterocycles. The number of carbonyl (C=O) groups is 3. The van der Waals surface area contributed by atoms with E-state index in [1.807, 2.05) is 4.90 Å². The molecule has 1 unspecified atom stereocenters. The summed E-state index contributed by atoms with van der Waals surface area (Å²) in [5.41, 5.74) is -0.398. The summed E-state index contributed by atoms with van der Waals surface area (Å²) in [6.45, 7) is 1.09. The SMILES string of the molecule is COc1ccc(NC(=O)CN2CCCC3(C2)NC(=O)NC3=O)c(OC)c1. The van der Waals surface area contributed by atoms with E-state index < -0.39 is 11.6 Å². The largest absolute Gasteiger partial charge is 0.497 e. The first-order valence-electron chi connectivity index (χ1n) is 8.33. The van der Waals surface area contributed by atoms with E-state index in [4.69, 9.17) is 9.47 Å². The number of amides is 4. The number of nitrogens with zero attached hydrogens (tertiary/aromatic N) is 1. The van der Waals surface area contributed by atoms with E-state index >= 15 is 0 Å². The molecular weight excluding hydrogens is 340 g/mol. The van der Waals surface area contributed by atoms with Crippen LogP contribution in [0.5, 0.6) is 11.5 Å². The predicted octanol–water partition coefficient (Wildman–Crippen LogP) is 0.316. The zero-order chi connectivity index (χ0) is 18.7. The van der Waals surface area contributed by atoms with Crippen LogP contribution in [-0.2, 0) is 9.59 Å². The summed E-state index contributed by atoms with van der Waals surface area (Å²) in [5, 5.41) is 7.78. The average molecular weight is 362 g/mol. The van der Waals surface area contributed by atoms with Crippen molar-refractivity contribution < 1.29 is 23.9 Å². The summed E-state index contributed by atoms with van der Waals surface area (Å²) >= 11 is 0. The molecule has 2 saturated heterocycles. The molecule has 3 rings (SSSR count). The van der Waals surface area contributed by atoms with Crippen molar-refractivity contribution in [2.24, 2.45) is 0 Å². The number of hydrogen-bond donors (Lipinski definition) is 3. The lowest BCUT2D eigenvalue weighted by Gasteiger charge is -2.37. The van der Waals surface area contributed by atoms with Crippen LogP contribution in [0.1, 0.15) is 12.8 Å². The lowest BCUT2D eigenvalue weighted by molar-refractivity contribution is -0.127. The zero-order valence-electron chi connectivity index (χ0n) is 14.8. The number of rotatable bonds is 5. The fourth-order valence-electron chi connectivity index (χ4n) is 3.39. The fraction of sp³-hybridized carbons (Fsp3) is 0.471. The molecule has 0 radical (unpaired) electrons. The third-order valence-electron chi connectivity index (χ3n) is 4.64. The lowest BCUT2D eigenvalue weighted by Crippen LogP contribution is -2.59. The van der Waals surface area contributed by atoms with E-state index in [0.717, 1.165) is 0 Å². The zero-order valence-corrected chi connectivity index (χ0v) is 14.8. The number of piperidine rings is 1. The Morgan fingerprint density at radius 1 is 1.31 bits per heavy atom. The summed E-state index contributed by atoms with van der Waals surface area (Å²) in [7, 11) is 3.07. The number of urea groups is 1. The van der Waals surface area contributed by atoms with Gasteiger partial charge in [-0.2, -0.15) is 0 Å². The van der Waals surface area contributed by atoms with Crippen LogP contribution in [-0.4, -0.2) is 62.1 Å². The van der Waals surface area contributed by atoms with Gasteiger partial charge in [0.25, 0.3) is 5.91 Å². The third-order valence-corrected chi connectivity index (χ3v) is 4.64. The highest BCUT2D eigenvalue weighted by Crippen LogP contribution is 2.29. The molecule has 2 aliphatic heterocycles. The number of anilines is 1. The van der Waals surface area contributed by atoms with Crippen molar-refractivity contribution in [3.63, 3.8) is 0 Å². The second-order valence-electron chi connectivity index (χ2n) is 6.42. The standard InChI is InChI=1S/C17H22N4O5/c1-25-11-4-5-12(13(8-11)26-2)18-14(22)9-21-7-3-6-17(10-21)15(23)19-16(24)20-17/h4-5,8H,3,6-7,9-10H2,1-2H3,(H,18,22)(H2,19,20,23,24). The fourth-order valence-corrected chi connectivity index (χ4v) is 3.39. The Morgan fingerprint density at radius 2 is 2.12 bits per heavy atom. The van der Waals surface area contributed by atoms with Gasteiger partial charge in [-0.15, -0.1) is 0 Å². The van der Waals surface area contributed by atoms with Crippen molar-refractivity contribution in [1.29, 1.82) is 0 Å². The molecular formula is C17H22N4O5. The van der Waals surface area contributed by atoms with Crippen molar-refractivity contribution in [1.82, 2.24) is 15.5 Å². The minimum atomic E-state index is -0.937.